The fourth-order valence-electron chi connectivity index (χ4n) is 3.70. The second kappa shape index (κ2) is 9.88. The monoisotopic (exact) mass is 494 g/mol. The van der Waals surface area contributed by atoms with Crippen LogP contribution in [0.1, 0.15) is 41.3 Å². The lowest BCUT2D eigenvalue weighted by atomic mass is 10.0. The van der Waals surface area contributed by atoms with Crippen molar-refractivity contribution in [2.45, 2.75) is 37.7 Å². The van der Waals surface area contributed by atoms with Gasteiger partial charge in [-0.15, -0.1) is 0 Å². The summed E-state index contributed by atoms with van der Waals surface area (Å²) in [5.74, 6) is -1.20. The molecule has 0 saturated carbocycles. The third-order valence-electron chi connectivity index (χ3n) is 5.30. The maximum Gasteiger partial charge on any atom is 0.416 e. The Hall–Kier alpha value is -2.70. The summed E-state index contributed by atoms with van der Waals surface area (Å²) in [6.45, 7) is 1.36. The summed E-state index contributed by atoms with van der Waals surface area (Å²) in [5.41, 5.74) is 2.46. The van der Waals surface area contributed by atoms with Gasteiger partial charge in [0.05, 0.1) is 36.4 Å². The Morgan fingerprint density at radius 1 is 1.09 bits per heavy atom. The molecular weight excluding hydrogens is 473 g/mol. The first-order valence-corrected chi connectivity index (χ1v) is 10.1. The highest BCUT2D eigenvalue weighted by Crippen LogP contribution is 2.39. The normalized spacial score (nSPS) is 20.8. The van der Waals surface area contributed by atoms with Crippen LogP contribution in [0.5, 0.6) is 0 Å². The molecule has 3 rings (SSSR count). The molecule has 1 aliphatic heterocycles. The number of alkyl halides is 6. The number of hydrogen-bond acceptors (Lipinski definition) is 4. The number of ether oxygens (including phenoxy) is 2. The summed E-state index contributed by atoms with van der Waals surface area (Å²) in [6.07, 6.45) is -12.5. The molecule has 0 radical (unpaired) electrons. The number of rotatable bonds is 6. The Balaban J connectivity index is 1.95. The fourth-order valence-corrected chi connectivity index (χ4v) is 3.70. The number of nitrogens with zero attached hydrogens (tertiary/aromatic N) is 1. The Bertz CT molecular complexity index is 977. The predicted octanol–water partition coefficient (Wildman–Crippen LogP) is 4.83. The molecule has 3 atom stereocenters. The summed E-state index contributed by atoms with van der Waals surface area (Å²) in [7, 11) is 0. The van der Waals surface area contributed by atoms with Crippen molar-refractivity contribution < 1.29 is 45.0 Å². The molecule has 1 aliphatic rings. The van der Waals surface area contributed by atoms with Gasteiger partial charge in [-0.3, -0.25) is 9.69 Å². The number of carbonyl (C=O) groups is 1. The highest BCUT2D eigenvalue weighted by Gasteiger charge is 2.39. The number of hydrogen-bond donors (Lipinski definition) is 1. The highest BCUT2D eigenvalue weighted by molar-refractivity contribution is 5.76. The lowest BCUT2D eigenvalue weighted by Crippen LogP contribution is -2.49. The molecule has 0 bridgehead atoms. The van der Waals surface area contributed by atoms with Gasteiger partial charge in [0, 0.05) is 6.54 Å². The summed E-state index contributed by atoms with van der Waals surface area (Å²) in [4.78, 5) is 13.1. The zero-order valence-electron chi connectivity index (χ0n) is 17.8. The topological polar surface area (TPSA) is 64.8 Å². The van der Waals surface area contributed by atoms with Gasteiger partial charge in [-0.25, -0.2) is 4.39 Å². The minimum atomic E-state index is -5.01. The molecule has 1 heterocycles. The van der Waals surface area contributed by atoms with Crippen LogP contribution in [0.4, 0.5) is 30.7 Å². The quantitative estimate of drug-likeness (QED) is 0.585. The molecule has 0 spiro atoms. The maximum atomic E-state index is 13.4. The number of benzene rings is 2. The van der Waals surface area contributed by atoms with Crippen molar-refractivity contribution in [3.63, 3.8) is 0 Å². The third-order valence-corrected chi connectivity index (χ3v) is 5.30. The molecule has 3 unspecified atom stereocenters. The van der Waals surface area contributed by atoms with Crippen LogP contribution in [-0.4, -0.2) is 36.8 Å². The van der Waals surface area contributed by atoms with Crippen molar-refractivity contribution >= 4 is 5.91 Å². The Morgan fingerprint density at radius 3 is 2.15 bits per heavy atom. The van der Waals surface area contributed by atoms with E-state index in [9.17, 15) is 35.5 Å². The second-order valence-electron chi connectivity index (χ2n) is 7.79. The van der Waals surface area contributed by atoms with Crippen LogP contribution in [-0.2, 0) is 26.6 Å². The molecule has 2 aromatic carbocycles. The van der Waals surface area contributed by atoms with Gasteiger partial charge in [-0.1, -0.05) is 12.1 Å². The predicted molar refractivity (Wildman–Crippen MR) is 106 cm³/mol. The van der Waals surface area contributed by atoms with Crippen LogP contribution in [0.25, 0.3) is 0 Å². The Morgan fingerprint density at radius 2 is 1.65 bits per heavy atom. The van der Waals surface area contributed by atoms with Crippen LogP contribution < -0.4 is 5.73 Å². The summed E-state index contributed by atoms with van der Waals surface area (Å²) in [5, 5.41) is 0. The van der Waals surface area contributed by atoms with Gasteiger partial charge in [-0.2, -0.15) is 26.3 Å². The number of halogens is 7. The number of carbonyl (C=O) groups excluding carboxylic acids is 1. The first-order chi connectivity index (χ1) is 15.8. The number of nitrogens with two attached hydrogens (primary N) is 1. The van der Waals surface area contributed by atoms with Crippen molar-refractivity contribution in [3.8, 4) is 0 Å². The van der Waals surface area contributed by atoms with E-state index in [4.69, 9.17) is 15.2 Å². The van der Waals surface area contributed by atoms with Crippen LogP contribution in [0.2, 0.25) is 0 Å². The third kappa shape index (κ3) is 6.24. The van der Waals surface area contributed by atoms with E-state index in [0.717, 1.165) is 12.1 Å². The lowest BCUT2D eigenvalue weighted by Gasteiger charge is -2.41. The molecule has 2 N–H and O–H groups in total. The molecule has 1 fully saturated rings. The van der Waals surface area contributed by atoms with E-state index in [-0.39, 0.29) is 31.3 Å². The van der Waals surface area contributed by atoms with Gasteiger partial charge >= 0.3 is 12.4 Å². The summed E-state index contributed by atoms with van der Waals surface area (Å²) in [6, 6.07) is 5.52. The number of primary amides is 1. The lowest BCUT2D eigenvalue weighted by molar-refractivity contribution is -0.229. The first-order valence-electron chi connectivity index (χ1n) is 10.1. The van der Waals surface area contributed by atoms with Gasteiger partial charge in [0.25, 0.3) is 0 Å². The zero-order chi connectivity index (χ0) is 25.3. The molecule has 0 aliphatic carbocycles. The number of amides is 1. The van der Waals surface area contributed by atoms with E-state index >= 15 is 0 Å². The van der Waals surface area contributed by atoms with E-state index in [1.165, 1.54) is 19.1 Å². The molecule has 2 aromatic rings. The smallest absolute Gasteiger partial charge is 0.369 e. The average molecular weight is 494 g/mol. The van der Waals surface area contributed by atoms with Crippen molar-refractivity contribution in [2.75, 3.05) is 19.7 Å². The molecule has 5 nitrogen and oxygen atoms in total. The molecule has 1 saturated heterocycles. The second-order valence-corrected chi connectivity index (χ2v) is 7.79. The van der Waals surface area contributed by atoms with Crippen LogP contribution in [0.3, 0.4) is 0 Å². The maximum absolute atomic E-state index is 13.4. The van der Waals surface area contributed by atoms with Crippen LogP contribution in [0.15, 0.2) is 42.5 Å². The summed E-state index contributed by atoms with van der Waals surface area (Å²) >= 11 is 0. The highest BCUT2D eigenvalue weighted by atomic mass is 19.4. The SMILES string of the molecule is CC(OC1OCCN(CC(N)=O)C1c1ccc(F)cc1)c1cc(C(F)(F)F)cc(C(F)(F)F)c1. The molecule has 1 amide bonds. The molecule has 0 aromatic heterocycles. The van der Waals surface area contributed by atoms with Gasteiger partial charge < -0.3 is 15.2 Å². The molecule has 12 heteroatoms. The van der Waals surface area contributed by atoms with Crippen molar-refractivity contribution in [3.05, 3.63) is 70.5 Å². The Labute approximate surface area is 190 Å². The minimum Gasteiger partial charge on any atom is -0.369 e. The van der Waals surface area contributed by atoms with E-state index < -0.39 is 53.6 Å². The van der Waals surface area contributed by atoms with Crippen molar-refractivity contribution in [2.24, 2.45) is 5.73 Å². The zero-order valence-corrected chi connectivity index (χ0v) is 17.8. The van der Waals surface area contributed by atoms with Crippen molar-refractivity contribution in [1.29, 1.82) is 0 Å². The minimum absolute atomic E-state index is 0.0310. The van der Waals surface area contributed by atoms with E-state index in [1.807, 2.05) is 0 Å². The van der Waals surface area contributed by atoms with Gasteiger partial charge in [-0.05, 0) is 48.4 Å². The first kappa shape index (κ1) is 25.9. The van der Waals surface area contributed by atoms with E-state index in [0.29, 0.717) is 17.7 Å². The van der Waals surface area contributed by atoms with E-state index in [2.05, 4.69) is 0 Å². The Kier molecular flexibility index (Phi) is 7.53. The van der Waals surface area contributed by atoms with E-state index in [1.54, 1.807) is 4.90 Å². The average Bonchev–Trinajstić information content (AvgIpc) is 2.73. The largest absolute Gasteiger partial charge is 0.416 e. The standard InChI is InChI=1S/C22H21F7N2O3/c1-12(14-8-15(21(24,25)26)10-16(9-14)22(27,28)29)34-20-19(13-2-4-17(23)5-3-13)31(6-7-33-20)11-18(30)32/h2-5,8-10,12,19-20H,6-7,11H2,1H3,(H2,30,32). The number of morpholine rings is 1. The van der Waals surface area contributed by atoms with Crippen molar-refractivity contribution in [1.82, 2.24) is 4.90 Å². The van der Waals surface area contributed by atoms with Gasteiger partial charge in [0.15, 0.2) is 6.29 Å². The molecule has 186 valence electrons. The van der Waals surface area contributed by atoms with Gasteiger partial charge in [0.2, 0.25) is 5.91 Å². The molecular formula is C22H21F7N2O3. The van der Waals surface area contributed by atoms with Gasteiger partial charge in [0.1, 0.15) is 5.82 Å². The molecule has 34 heavy (non-hydrogen) atoms. The fraction of sp³-hybridized carbons (Fsp3) is 0.409. The van der Waals surface area contributed by atoms with Crippen LogP contribution >= 0.6 is 0 Å². The van der Waals surface area contributed by atoms with Crippen LogP contribution in [0, 0.1) is 5.82 Å². The summed E-state index contributed by atoms with van der Waals surface area (Å²) < 4.78 is 104.